The number of hydrogen-bond donors (Lipinski definition) is 1. The van der Waals surface area contributed by atoms with Gasteiger partial charge in [-0.2, -0.15) is 0 Å². The second kappa shape index (κ2) is 8.73. The van der Waals surface area contributed by atoms with Gasteiger partial charge in [0.1, 0.15) is 12.3 Å². The number of pyridine rings is 1. The van der Waals surface area contributed by atoms with Gasteiger partial charge in [-0.1, -0.05) is 25.5 Å². The van der Waals surface area contributed by atoms with Crippen LogP contribution in [0.2, 0.25) is 0 Å². The van der Waals surface area contributed by atoms with Crippen molar-refractivity contribution in [2.24, 2.45) is 5.92 Å². The maximum Gasteiger partial charge on any atom is 0.152 e. The average Bonchev–Trinajstić information content (AvgIpc) is 3.18. The van der Waals surface area contributed by atoms with Crippen LogP contribution in [-0.4, -0.2) is 63.1 Å². The van der Waals surface area contributed by atoms with Gasteiger partial charge in [-0.3, -0.25) is 9.78 Å². The monoisotopic (exact) mass is 383 g/mol. The van der Waals surface area contributed by atoms with Gasteiger partial charge >= 0.3 is 0 Å². The van der Waals surface area contributed by atoms with Crippen LogP contribution in [0.1, 0.15) is 56.1 Å². The minimum atomic E-state index is -0.0985. The minimum absolute atomic E-state index is 0.0652. The van der Waals surface area contributed by atoms with Crippen molar-refractivity contribution in [3.05, 3.63) is 41.5 Å². The highest BCUT2D eigenvalue weighted by atomic mass is 16.1. The summed E-state index contributed by atoms with van der Waals surface area (Å²) < 4.78 is 0.993. The summed E-state index contributed by atoms with van der Waals surface area (Å²) >= 11 is 0. The van der Waals surface area contributed by atoms with E-state index < -0.39 is 0 Å². The predicted molar refractivity (Wildman–Crippen MR) is 108 cm³/mol. The summed E-state index contributed by atoms with van der Waals surface area (Å²) in [6.07, 6.45) is 7.79. The molecule has 7 nitrogen and oxygen atoms in total. The van der Waals surface area contributed by atoms with Gasteiger partial charge in [0.05, 0.1) is 26.3 Å². The van der Waals surface area contributed by atoms with E-state index in [0.717, 1.165) is 41.5 Å². The zero-order valence-electron chi connectivity index (χ0n) is 17.4. The third kappa shape index (κ3) is 4.90. The summed E-state index contributed by atoms with van der Waals surface area (Å²) in [4.78, 5) is 17.0. The lowest BCUT2D eigenvalue weighted by Gasteiger charge is -2.33. The fraction of sp³-hybridized carbons (Fsp3) is 0.571. The first-order chi connectivity index (χ1) is 13.4. The summed E-state index contributed by atoms with van der Waals surface area (Å²) in [6, 6.07) is 4.22. The van der Waals surface area contributed by atoms with E-state index >= 15 is 0 Å². The maximum atomic E-state index is 12.3. The number of carbonyl (C=O) groups excluding carboxylic acids is 1. The van der Waals surface area contributed by atoms with Crippen LogP contribution in [0.4, 0.5) is 0 Å². The first-order valence-electron chi connectivity index (χ1n) is 10.1. The molecule has 2 atom stereocenters. The molecule has 28 heavy (non-hydrogen) atoms. The molecule has 150 valence electrons. The quantitative estimate of drug-likeness (QED) is 0.709. The molecule has 0 aliphatic carbocycles. The largest absolute Gasteiger partial charge is 0.324 e. The highest BCUT2D eigenvalue weighted by molar-refractivity contribution is 5.79. The van der Waals surface area contributed by atoms with Gasteiger partial charge in [0.25, 0.3) is 0 Å². The Labute approximate surface area is 166 Å². The standard InChI is InChI=1S/C21H31N6O/c1-5-7-18(15(2)28)19(21-23-25-26-24-21)12-16-9-10-20(22-13-16)17-8-6-11-27(3,4)14-17/h8-10,13,18-19H,5-7,11-12,14H2,1-4H3,(H,23,24,25,26)/q+1/t18-,19+/m1/s1. The van der Waals surface area contributed by atoms with Crippen LogP contribution >= 0.6 is 0 Å². The number of carbonyl (C=O) groups is 1. The first-order valence-corrected chi connectivity index (χ1v) is 10.1. The summed E-state index contributed by atoms with van der Waals surface area (Å²) in [7, 11) is 4.51. The zero-order valence-corrected chi connectivity index (χ0v) is 17.4. The highest BCUT2D eigenvalue weighted by Gasteiger charge is 2.29. The molecule has 0 fully saturated rings. The number of aromatic nitrogens is 5. The number of hydrogen-bond acceptors (Lipinski definition) is 5. The smallest absolute Gasteiger partial charge is 0.152 e. The molecule has 1 aliphatic rings. The minimum Gasteiger partial charge on any atom is -0.324 e. The number of nitrogens with one attached hydrogen (secondary N) is 1. The molecular formula is C21H31N6O+. The summed E-state index contributed by atoms with van der Waals surface area (Å²) in [5, 5.41) is 14.4. The molecule has 0 bridgehead atoms. The van der Waals surface area contributed by atoms with Crippen molar-refractivity contribution < 1.29 is 9.28 Å². The molecule has 2 aromatic heterocycles. The third-order valence-corrected chi connectivity index (χ3v) is 5.65. The molecule has 3 heterocycles. The summed E-state index contributed by atoms with van der Waals surface area (Å²) in [5.41, 5.74) is 3.45. The molecule has 0 spiro atoms. The number of quaternary nitrogens is 1. The van der Waals surface area contributed by atoms with E-state index in [1.807, 2.05) is 6.20 Å². The van der Waals surface area contributed by atoms with Gasteiger partial charge in [-0.05, 0) is 41.8 Å². The van der Waals surface area contributed by atoms with E-state index in [9.17, 15) is 4.79 Å². The molecule has 2 aromatic rings. The Kier molecular flexibility index (Phi) is 6.34. The molecular weight excluding hydrogens is 352 g/mol. The molecule has 1 N–H and O–H groups in total. The van der Waals surface area contributed by atoms with E-state index in [4.69, 9.17) is 4.98 Å². The summed E-state index contributed by atoms with van der Waals surface area (Å²) in [5.74, 6) is 0.690. The zero-order chi connectivity index (χ0) is 20.1. The Morgan fingerprint density at radius 3 is 2.71 bits per heavy atom. The normalized spacial score (nSPS) is 18.4. The number of Topliss-reactive ketones (excluding diaryl/α,β-unsaturated/α-hetero) is 1. The maximum absolute atomic E-state index is 12.3. The molecule has 3 rings (SSSR count). The van der Waals surface area contributed by atoms with Crippen LogP contribution < -0.4 is 0 Å². The Morgan fingerprint density at radius 2 is 2.14 bits per heavy atom. The van der Waals surface area contributed by atoms with Crippen molar-refractivity contribution in [3.8, 4) is 0 Å². The van der Waals surface area contributed by atoms with Crippen molar-refractivity contribution in [2.45, 2.75) is 45.4 Å². The SMILES string of the molecule is CCC[C@H](C(C)=O)[C@H](Cc1ccc(C2=CCC[N+](C)(C)C2)nc1)c1nnn[nH]1. The number of rotatable bonds is 8. The van der Waals surface area contributed by atoms with E-state index in [-0.39, 0.29) is 17.6 Å². The van der Waals surface area contributed by atoms with Crippen LogP contribution in [0.3, 0.4) is 0 Å². The van der Waals surface area contributed by atoms with Crippen LogP contribution in [0.25, 0.3) is 5.57 Å². The average molecular weight is 384 g/mol. The van der Waals surface area contributed by atoms with Crippen LogP contribution in [0.5, 0.6) is 0 Å². The Morgan fingerprint density at radius 1 is 1.32 bits per heavy atom. The van der Waals surface area contributed by atoms with Gasteiger partial charge in [0.2, 0.25) is 0 Å². The Hall–Kier alpha value is -2.41. The molecule has 0 aromatic carbocycles. The fourth-order valence-electron chi connectivity index (χ4n) is 4.12. The number of H-pyrrole nitrogens is 1. The van der Waals surface area contributed by atoms with Crippen molar-refractivity contribution in [2.75, 3.05) is 27.2 Å². The van der Waals surface area contributed by atoms with Crippen molar-refractivity contribution in [3.63, 3.8) is 0 Å². The van der Waals surface area contributed by atoms with Gasteiger partial charge in [0.15, 0.2) is 5.82 Å². The number of aromatic amines is 1. The third-order valence-electron chi connectivity index (χ3n) is 5.65. The molecule has 0 radical (unpaired) electrons. The van der Waals surface area contributed by atoms with Gasteiger partial charge in [0, 0.05) is 30.0 Å². The highest BCUT2D eigenvalue weighted by Crippen LogP contribution is 2.30. The molecule has 0 unspecified atom stereocenters. The van der Waals surface area contributed by atoms with Crippen molar-refractivity contribution >= 4 is 11.4 Å². The lowest BCUT2D eigenvalue weighted by molar-refractivity contribution is -0.883. The van der Waals surface area contributed by atoms with Crippen molar-refractivity contribution in [1.29, 1.82) is 0 Å². The second-order valence-corrected chi connectivity index (χ2v) is 8.49. The summed E-state index contributed by atoms with van der Waals surface area (Å²) in [6.45, 7) is 5.92. The molecule has 0 amide bonds. The Bertz CT molecular complexity index is 810. The van der Waals surface area contributed by atoms with Crippen LogP contribution in [0, 0.1) is 5.92 Å². The topological polar surface area (TPSA) is 84.4 Å². The molecule has 0 saturated carbocycles. The van der Waals surface area contributed by atoms with Crippen molar-refractivity contribution in [1.82, 2.24) is 25.6 Å². The second-order valence-electron chi connectivity index (χ2n) is 8.49. The van der Waals surface area contributed by atoms with Crippen LogP contribution in [0.15, 0.2) is 24.4 Å². The first kappa shape index (κ1) is 20.3. The van der Waals surface area contributed by atoms with E-state index in [0.29, 0.717) is 12.2 Å². The lowest BCUT2D eigenvalue weighted by atomic mass is 9.81. The van der Waals surface area contributed by atoms with Gasteiger partial charge < -0.3 is 4.48 Å². The lowest BCUT2D eigenvalue weighted by Crippen LogP contribution is -2.43. The van der Waals surface area contributed by atoms with E-state index in [1.54, 1.807) is 6.92 Å². The Balaban J connectivity index is 1.80. The number of likely N-dealkylation sites (N-methyl/N-ethyl adjacent to an activating group) is 1. The molecule has 0 saturated heterocycles. The van der Waals surface area contributed by atoms with Gasteiger partial charge in [-0.15, -0.1) is 5.10 Å². The molecule has 7 heteroatoms. The van der Waals surface area contributed by atoms with Crippen LogP contribution in [-0.2, 0) is 11.2 Å². The molecule has 1 aliphatic heterocycles. The number of ketones is 1. The predicted octanol–water partition coefficient (Wildman–Crippen LogP) is 2.79. The number of nitrogens with zero attached hydrogens (tertiary/aromatic N) is 5. The van der Waals surface area contributed by atoms with E-state index in [2.05, 4.69) is 59.9 Å². The van der Waals surface area contributed by atoms with E-state index in [1.165, 1.54) is 12.1 Å². The van der Waals surface area contributed by atoms with Gasteiger partial charge in [-0.25, -0.2) is 5.10 Å². The number of tetrazole rings is 1. The fourth-order valence-corrected chi connectivity index (χ4v) is 4.12.